The molecule has 0 spiro atoms. The minimum absolute atomic E-state index is 0.0416. The maximum absolute atomic E-state index is 11.6. The van der Waals surface area contributed by atoms with E-state index in [-0.39, 0.29) is 18.4 Å². The van der Waals surface area contributed by atoms with Gasteiger partial charge in [0.1, 0.15) is 0 Å². The van der Waals surface area contributed by atoms with E-state index >= 15 is 0 Å². The zero-order valence-electron chi connectivity index (χ0n) is 8.18. The lowest BCUT2D eigenvalue weighted by atomic mass is 9.87. The molecule has 2 aliphatic rings. The number of Topliss-reactive ketones (excluding diaryl/α,β-unsaturated/α-hetero) is 1. The smallest absolute Gasteiger partial charge is 0.174 e. The number of allylic oxidation sites excluding steroid dienone is 2. The average molecular weight is 190 g/mol. The van der Waals surface area contributed by atoms with Crippen LogP contribution < -0.4 is 5.73 Å². The number of nitrogens with two attached hydrogens (primary N) is 1. The normalized spacial score (nSPS) is 29.0. The second-order valence-corrected chi connectivity index (χ2v) is 3.66. The second kappa shape index (κ2) is 3.42. The fourth-order valence-electron chi connectivity index (χ4n) is 2.06. The van der Waals surface area contributed by atoms with Gasteiger partial charge in [-0.15, -0.1) is 0 Å². The summed E-state index contributed by atoms with van der Waals surface area (Å²) in [5, 5.41) is 0. The zero-order chi connectivity index (χ0) is 10.1. The fourth-order valence-corrected chi connectivity index (χ4v) is 2.06. The molecule has 1 heterocycles. The lowest BCUT2D eigenvalue weighted by Gasteiger charge is -2.28. The summed E-state index contributed by atoms with van der Waals surface area (Å²) in [5.41, 5.74) is 6.20. The number of likely N-dealkylation sites (N-methyl/N-ethyl adjacent to an activating group) is 1. The molecule has 0 aromatic rings. The molecule has 0 saturated heterocycles. The topological polar surface area (TPSA) is 46.3 Å². The van der Waals surface area contributed by atoms with E-state index in [0.717, 1.165) is 5.57 Å². The lowest BCUT2D eigenvalue weighted by Crippen LogP contribution is -2.36. The van der Waals surface area contributed by atoms with Crippen molar-refractivity contribution in [2.24, 2.45) is 11.7 Å². The number of carbonyl (C=O) groups excluding carboxylic acids is 1. The van der Waals surface area contributed by atoms with Gasteiger partial charge in [-0.3, -0.25) is 4.79 Å². The molecular formula is C11H14N2O. The van der Waals surface area contributed by atoms with Crippen molar-refractivity contribution in [2.45, 2.75) is 6.04 Å². The summed E-state index contributed by atoms with van der Waals surface area (Å²) in [6, 6.07) is 0.163. The van der Waals surface area contributed by atoms with Crippen molar-refractivity contribution in [2.75, 3.05) is 13.6 Å². The molecule has 2 rings (SSSR count). The first-order valence-corrected chi connectivity index (χ1v) is 4.76. The minimum Gasteiger partial charge on any atom is -0.373 e. The van der Waals surface area contributed by atoms with Crippen LogP contribution in [0.1, 0.15) is 0 Å². The molecule has 3 heteroatoms. The Balaban J connectivity index is 2.29. The van der Waals surface area contributed by atoms with Gasteiger partial charge in [0.25, 0.3) is 0 Å². The molecule has 0 aromatic heterocycles. The van der Waals surface area contributed by atoms with Crippen LogP contribution in [0.15, 0.2) is 36.1 Å². The molecule has 1 aliphatic heterocycles. The predicted molar refractivity (Wildman–Crippen MR) is 55.5 cm³/mol. The van der Waals surface area contributed by atoms with Crippen LogP contribution in [-0.2, 0) is 4.79 Å². The monoisotopic (exact) mass is 190 g/mol. The molecule has 2 N–H and O–H groups in total. The van der Waals surface area contributed by atoms with Crippen LogP contribution >= 0.6 is 0 Å². The van der Waals surface area contributed by atoms with Crippen molar-refractivity contribution in [1.29, 1.82) is 0 Å². The van der Waals surface area contributed by atoms with Crippen LogP contribution in [0.3, 0.4) is 0 Å². The van der Waals surface area contributed by atoms with Crippen molar-refractivity contribution in [3.05, 3.63) is 36.1 Å². The number of hydrogen-bond donors (Lipinski definition) is 1. The second-order valence-electron chi connectivity index (χ2n) is 3.66. The number of nitrogens with zero attached hydrogens (tertiary/aromatic N) is 1. The number of carbonyl (C=O) groups is 1. The van der Waals surface area contributed by atoms with Crippen LogP contribution in [0, 0.1) is 5.92 Å². The highest BCUT2D eigenvalue weighted by Gasteiger charge is 2.32. The van der Waals surface area contributed by atoms with Gasteiger partial charge < -0.3 is 10.6 Å². The average Bonchev–Trinajstić information content (AvgIpc) is 2.59. The third-order valence-corrected chi connectivity index (χ3v) is 2.78. The Labute approximate surface area is 83.6 Å². The summed E-state index contributed by atoms with van der Waals surface area (Å²) in [4.78, 5) is 13.6. The maximum atomic E-state index is 11.6. The van der Waals surface area contributed by atoms with E-state index in [2.05, 4.69) is 17.1 Å². The van der Waals surface area contributed by atoms with Gasteiger partial charge in [0.15, 0.2) is 5.78 Å². The SMILES string of the molecule is CN1C=CC2C=CC=C(C(=O)CN)C21. The Morgan fingerprint density at radius 3 is 3.07 bits per heavy atom. The first kappa shape index (κ1) is 9.21. The zero-order valence-corrected chi connectivity index (χ0v) is 8.18. The summed E-state index contributed by atoms with van der Waals surface area (Å²) in [7, 11) is 1.98. The van der Waals surface area contributed by atoms with Crippen molar-refractivity contribution in [3.63, 3.8) is 0 Å². The fraction of sp³-hybridized carbons (Fsp3) is 0.364. The van der Waals surface area contributed by atoms with Gasteiger partial charge in [0.05, 0.1) is 12.6 Å². The molecule has 1 aliphatic carbocycles. The summed E-state index contributed by atoms with van der Waals surface area (Å²) in [6.45, 7) is 0.0940. The van der Waals surface area contributed by atoms with Crippen LogP contribution in [0.4, 0.5) is 0 Å². The van der Waals surface area contributed by atoms with Gasteiger partial charge >= 0.3 is 0 Å². The van der Waals surface area contributed by atoms with Crippen molar-refractivity contribution in [3.8, 4) is 0 Å². The van der Waals surface area contributed by atoms with Crippen LogP contribution in [-0.4, -0.2) is 30.3 Å². The summed E-state index contributed by atoms with van der Waals surface area (Å²) >= 11 is 0. The van der Waals surface area contributed by atoms with Gasteiger partial charge in [0, 0.05) is 18.5 Å². The van der Waals surface area contributed by atoms with E-state index in [9.17, 15) is 4.79 Å². The molecule has 74 valence electrons. The van der Waals surface area contributed by atoms with E-state index in [1.54, 1.807) is 0 Å². The van der Waals surface area contributed by atoms with E-state index < -0.39 is 0 Å². The van der Waals surface area contributed by atoms with Crippen LogP contribution in [0.25, 0.3) is 0 Å². The predicted octanol–water partition coefficient (Wildman–Crippen LogP) is 0.454. The number of rotatable bonds is 2. The van der Waals surface area contributed by atoms with Crippen molar-refractivity contribution in [1.82, 2.24) is 4.90 Å². The van der Waals surface area contributed by atoms with E-state index in [1.165, 1.54) is 0 Å². The van der Waals surface area contributed by atoms with Gasteiger partial charge in [-0.25, -0.2) is 0 Å². The summed E-state index contributed by atoms with van der Waals surface area (Å²) < 4.78 is 0. The quantitative estimate of drug-likeness (QED) is 0.688. The number of hydrogen-bond acceptors (Lipinski definition) is 3. The standard InChI is InChI=1S/C11H14N2O/c1-13-6-5-8-3-2-4-9(11(8)13)10(14)7-12/h2-6,8,11H,7,12H2,1H3. The molecule has 2 unspecified atom stereocenters. The third-order valence-electron chi connectivity index (χ3n) is 2.78. The first-order chi connectivity index (χ1) is 6.74. The summed E-state index contributed by atoms with van der Waals surface area (Å²) in [6.07, 6.45) is 10.0. The van der Waals surface area contributed by atoms with Gasteiger partial charge in [-0.05, 0) is 6.20 Å². The molecule has 14 heavy (non-hydrogen) atoms. The van der Waals surface area contributed by atoms with Crippen molar-refractivity contribution < 1.29 is 4.79 Å². The Morgan fingerprint density at radius 1 is 1.57 bits per heavy atom. The Bertz CT molecular complexity index is 341. The van der Waals surface area contributed by atoms with E-state index in [1.807, 2.05) is 25.4 Å². The van der Waals surface area contributed by atoms with Crippen LogP contribution in [0.5, 0.6) is 0 Å². The highest BCUT2D eigenvalue weighted by molar-refractivity contribution is 5.98. The molecular weight excluding hydrogens is 176 g/mol. The van der Waals surface area contributed by atoms with Gasteiger partial charge in [0.2, 0.25) is 0 Å². The Kier molecular flexibility index (Phi) is 2.25. The molecule has 0 saturated carbocycles. The van der Waals surface area contributed by atoms with E-state index in [4.69, 9.17) is 5.73 Å². The lowest BCUT2D eigenvalue weighted by molar-refractivity contribution is -0.114. The van der Waals surface area contributed by atoms with Crippen molar-refractivity contribution >= 4 is 5.78 Å². The highest BCUT2D eigenvalue weighted by Crippen LogP contribution is 2.30. The number of fused-ring (bicyclic) bond motifs is 1. The first-order valence-electron chi connectivity index (χ1n) is 4.76. The molecule has 3 nitrogen and oxygen atoms in total. The number of ketones is 1. The molecule has 0 fully saturated rings. The van der Waals surface area contributed by atoms with Gasteiger partial charge in [-0.2, -0.15) is 0 Å². The molecule has 0 amide bonds. The molecule has 2 atom stereocenters. The largest absolute Gasteiger partial charge is 0.373 e. The highest BCUT2D eigenvalue weighted by atomic mass is 16.1. The Morgan fingerprint density at radius 2 is 2.36 bits per heavy atom. The Hall–Kier alpha value is -1.35. The van der Waals surface area contributed by atoms with E-state index in [0.29, 0.717) is 5.92 Å². The molecule has 0 bridgehead atoms. The molecule has 0 aromatic carbocycles. The molecule has 0 radical (unpaired) electrons. The van der Waals surface area contributed by atoms with Gasteiger partial charge in [-0.1, -0.05) is 24.3 Å². The maximum Gasteiger partial charge on any atom is 0.174 e. The third kappa shape index (κ3) is 1.30. The van der Waals surface area contributed by atoms with Crippen LogP contribution in [0.2, 0.25) is 0 Å². The summed E-state index contributed by atoms with van der Waals surface area (Å²) in [5.74, 6) is 0.371. The minimum atomic E-state index is 0.0416.